The highest BCUT2D eigenvalue weighted by molar-refractivity contribution is 6.13. The lowest BCUT2D eigenvalue weighted by molar-refractivity contribution is 0.0993. The van der Waals surface area contributed by atoms with Crippen LogP contribution in [0.2, 0.25) is 0 Å². The zero-order valence-electron chi connectivity index (χ0n) is 18.4. The minimum Gasteiger partial charge on any atom is -0.497 e. The maximum absolute atomic E-state index is 12.8. The number of primary amides is 2. The van der Waals surface area contributed by atoms with Crippen LogP contribution in [0.15, 0.2) is 60.7 Å². The van der Waals surface area contributed by atoms with Gasteiger partial charge >= 0.3 is 0 Å². The maximum Gasteiger partial charge on any atom is 0.253 e. The molecule has 0 saturated heterocycles. The van der Waals surface area contributed by atoms with Gasteiger partial charge in [0.15, 0.2) is 0 Å². The number of benzene rings is 3. The van der Waals surface area contributed by atoms with Crippen molar-refractivity contribution in [1.29, 1.82) is 0 Å². The molecule has 0 aliphatic carbocycles. The van der Waals surface area contributed by atoms with Crippen LogP contribution in [0.4, 0.5) is 11.4 Å². The number of nitrogens with one attached hydrogen (secondary N) is 1. The molecule has 170 valence electrons. The van der Waals surface area contributed by atoms with Gasteiger partial charge in [0.25, 0.3) is 5.91 Å². The Hall–Kier alpha value is -4.43. The van der Waals surface area contributed by atoms with Crippen LogP contribution >= 0.6 is 0 Å². The molecule has 2 heterocycles. The van der Waals surface area contributed by atoms with Gasteiger partial charge in [0.1, 0.15) is 5.75 Å². The third-order valence-electron chi connectivity index (χ3n) is 5.85. The number of nitrogens with two attached hydrogens (primary N) is 2. The summed E-state index contributed by atoms with van der Waals surface area (Å²) in [4.78, 5) is 29.5. The molecule has 0 fully saturated rings. The number of fused-ring (bicyclic) bond motifs is 2. The lowest BCUT2D eigenvalue weighted by atomic mass is 9.96. The van der Waals surface area contributed by atoms with Gasteiger partial charge in [-0.25, -0.2) is 4.98 Å². The molecule has 0 atom stereocenters. The number of anilines is 2. The Morgan fingerprint density at radius 1 is 0.971 bits per heavy atom. The van der Waals surface area contributed by atoms with Crippen molar-refractivity contribution in [2.45, 2.75) is 13.2 Å². The van der Waals surface area contributed by atoms with Crippen molar-refractivity contribution in [3.8, 4) is 17.0 Å². The SMILES string of the molecule is COc1cccc(Nc2c(C(N)=O)c(-c3ccc4c(c3)COC4)nc3ccc(C(N)=O)cc23)c1. The van der Waals surface area contributed by atoms with Gasteiger partial charge in [0.05, 0.1) is 42.8 Å². The minimum atomic E-state index is -0.656. The van der Waals surface area contributed by atoms with Crippen LogP contribution in [-0.4, -0.2) is 23.9 Å². The molecule has 8 nitrogen and oxygen atoms in total. The number of ether oxygens (including phenoxy) is 2. The second kappa shape index (κ2) is 8.49. The van der Waals surface area contributed by atoms with Crippen LogP contribution < -0.4 is 21.5 Å². The number of methoxy groups -OCH3 is 1. The Morgan fingerprint density at radius 3 is 2.56 bits per heavy atom. The van der Waals surface area contributed by atoms with E-state index < -0.39 is 11.8 Å². The topological polar surface area (TPSA) is 130 Å². The highest BCUT2D eigenvalue weighted by atomic mass is 16.5. The summed E-state index contributed by atoms with van der Waals surface area (Å²) in [6.07, 6.45) is 0. The lowest BCUT2D eigenvalue weighted by Gasteiger charge is -2.18. The second-order valence-corrected chi connectivity index (χ2v) is 8.00. The van der Waals surface area contributed by atoms with E-state index in [0.29, 0.717) is 52.5 Å². The smallest absolute Gasteiger partial charge is 0.253 e. The first-order valence-electron chi connectivity index (χ1n) is 10.6. The van der Waals surface area contributed by atoms with Crippen molar-refractivity contribution in [1.82, 2.24) is 4.98 Å². The van der Waals surface area contributed by atoms with E-state index in [1.807, 2.05) is 36.4 Å². The molecule has 34 heavy (non-hydrogen) atoms. The van der Waals surface area contributed by atoms with Crippen molar-refractivity contribution in [3.63, 3.8) is 0 Å². The van der Waals surface area contributed by atoms with E-state index in [2.05, 4.69) is 5.32 Å². The summed E-state index contributed by atoms with van der Waals surface area (Å²) in [7, 11) is 1.57. The van der Waals surface area contributed by atoms with Crippen LogP contribution in [0.3, 0.4) is 0 Å². The summed E-state index contributed by atoms with van der Waals surface area (Å²) >= 11 is 0. The van der Waals surface area contributed by atoms with E-state index in [-0.39, 0.29) is 5.56 Å². The average molecular weight is 454 g/mol. The Kier molecular flexibility index (Phi) is 5.35. The molecule has 5 N–H and O–H groups in total. The Morgan fingerprint density at radius 2 is 1.79 bits per heavy atom. The molecule has 5 rings (SSSR count). The number of pyridine rings is 1. The van der Waals surface area contributed by atoms with Crippen LogP contribution in [0.25, 0.3) is 22.2 Å². The van der Waals surface area contributed by atoms with Gasteiger partial charge in [-0.15, -0.1) is 0 Å². The van der Waals surface area contributed by atoms with Crippen molar-refractivity contribution in [2.24, 2.45) is 11.5 Å². The van der Waals surface area contributed by atoms with Crippen molar-refractivity contribution in [3.05, 3.63) is 82.9 Å². The first-order chi connectivity index (χ1) is 16.4. The summed E-state index contributed by atoms with van der Waals surface area (Å²) in [5.41, 5.74) is 16.9. The van der Waals surface area contributed by atoms with Gasteiger partial charge in [-0.1, -0.05) is 18.2 Å². The third kappa shape index (κ3) is 3.80. The first kappa shape index (κ1) is 21.4. The highest BCUT2D eigenvalue weighted by Crippen LogP contribution is 2.37. The summed E-state index contributed by atoms with van der Waals surface area (Å²) in [6.45, 7) is 1.06. The third-order valence-corrected chi connectivity index (χ3v) is 5.85. The van der Waals surface area contributed by atoms with Crippen molar-refractivity contribution < 1.29 is 19.1 Å². The van der Waals surface area contributed by atoms with Crippen LogP contribution in [0.1, 0.15) is 31.8 Å². The molecule has 0 radical (unpaired) electrons. The van der Waals surface area contributed by atoms with Gasteiger partial charge in [-0.05, 0) is 47.5 Å². The number of carbonyl (C=O) groups excluding carboxylic acids is 2. The predicted octanol–water partition coefficient (Wildman–Crippen LogP) is 3.88. The largest absolute Gasteiger partial charge is 0.497 e. The van der Waals surface area contributed by atoms with Crippen molar-refractivity contribution >= 4 is 34.1 Å². The summed E-state index contributed by atoms with van der Waals surface area (Å²) in [6, 6.07) is 18.0. The molecule has 2 amide bonds. The first-order valence-corrected chi connectivity index (χ1v) is 10.6. The average Bonchev–Trinajstić information content (AvgIpc) is 3.31. The van der Waals surface area contributed by atoms with E-state index in [9.17, 15) is 9.59 Å². The number of hydrogen-bond donors (Lipinski definition) is 3. The zero-order chi connectivity index (χ0) is 23.8. The highest BCUT2D eigenvalue weighted by Gasteiger charge is 2.23. The fourth-order valence-corrected chi connectivity index (χ4v) is 4.16. The van der Waals surface area contributed by atoms with Crippen LogP contribution in [-0.2, 0) is 18.0 Å². The molecule has 0 saturated carbocycles. The fraction of sp³-hybridized carbons (Fsp3) is 0.115. The number of nitrogens with zero attached hydrogens (tertiary/aromatic N) is 1. The van der Waals surface area contributed by atoms with Gasteiger partial charge in [0.2, 0.25) is 5.91 Å². The molecule has 1 aliphatic rings. The fourth-order valence-electron chi connectivity index (χ4n) is 4.16. The van der Waals surface area contributed by atoms with E-state index >= 15 is 0 Å². The van der Waals surface area contributed by atoms with Gasteiger partial charge in [-0.3, -0.25) is 9.59 Å². The number of aromatic nitrogens is 1. The van der Waals surface area contributed by atoms with Crippen LogP contribution in [0.5, 0.6) is 5.75 Å². The van der Waals surface area contributed by atoms with E-state index in [1.165, 1.54) is 0 Å². The number of hydrogen-bond acceptors (Lipinski definition) is 6. The van der Waals surface area contributed by atoms with E-state index in [0.717, 1.165) is 16.7 Å². The predicted molar refractivity (Wildman–Crippen MR) is 129 cm³/mol. The molecule has 0 unspecified atom stereocenters. The van der Waals surface area contributed by atoms with Gasteiger partial charge in [-0.2, -0.15) is 0 Å². The monoisotopic (exact) mass is 454 g/mol. The lowest BCUT2D eigenvalue weighted by Crippen LogP contribution is -2.17. The Balaban J connectivity index is 1.79. The molecule has 0 bridgehead atoms. The number of rotatable bonds is 6. The number of carbonyl (C=O) groups is 2. The molecular weight excluding hydrogens is 432 g/mol. The van der Waals surface area contributed by atoms with Crippen molar-refractivity contribution in [2.75, 3.05) is 12.4 Å². The number of amides is 2. The molecule has 3 aromatic carbocycles. The maximum atomic E-state index is 12.8. The van der Waals surface area contributed by atoms with Gasteiger partial charge < -0.3 is 26.3 Å². The molecule has 4 aromatic rings. The Labute approximate surface area is 195 Å². The molecule has 0 spiro atoms. The summed E-state index contributed by atoms with van der Waals surface area (Å²) < 4.78 is 10.9. The van der Waals surface area contributed by atoms with E-state index in [1.54, 1.807) is 31.4 Å². The molecule has 1 aromatic heterocycles. The second-order valence-electron chi connectivity index (χ2n) is 8.00. The quantitative estimate of drug-likeness (QED) is 0.405. The molecule has 1 aliphatic heterocycles. The molecular formula is C26H22N4O4. The van der Waals surface area contributed by atoms with E-state index in [4.69, 9.17) is 25.9 Å². The summed E-state index contributed by atoms with van der Waals surface area (Å²) in [5.74, 6) is -0.603. The normalized spacial score (nSPS) is 12.4. The molecule has 8 heteroatoms. The minimum absolute atomic E-state index is 0.204. The van der Waals surface area contributed by atoms with Crippen LogP contribution in [0, 0.1) is 0 Å². The Bertz CT molecular complexity index is 1470. The standard InChI is InChI=1S/C26H22N4O4/c1-33-19-4-2-3-18(11-19)29-24-20-10-15(25(27)31)7-8-21(20)30-23(22(24)26(28)32)14-5-6-16-12-34-13-17(16)9-14/h2-11H,12-13H2,1H3,(H2,27,31)(H2,28,32)(H,29,30). The van der Waals surface area contributed by atoms with Gasteiger partial charge in [0, 0.05) is 28.3 Å². The summed E-state index contributed by atoms with van der Waals surface area (Å²) in [5, 5.41) is 3.85. The zero-order valence-corrected chi connectivity index (χ0v) is 18.4.